The van der Waals surface area contributed by atoms with Crippen LogP contribution in [0.2, 0.25) is 0 Å². The first-order valence-electron chi connectivity index (χ1n) is 9.35. The van der Waals surface area contributed by atoms with Gasteiger partial charge in [0.15, 0.2) is 0 Å². The van der Waals surface area contributed by atoms with Crippen LogP contribution in [0.3, 0.4) is 0 Å². The minimum Gasteiger partial charge on any atom is -0.396 e. The summed E-state index contributed by atoms with van der Waals surface area (Å²) >= 11 is 0. The van der Waals surface area contributed by atoms with Crippen molar-refractivity contribution in [1.29, 1.82) is 0 Å². The molecular formula is C20H30O2. The molecule has 0 aromatic heterocycles. The number of carbonyl (C=O) groups is 1. The Bertz CT molecular complexity index is 522. The summed E-state index contributed by atoms with van der Waals surface area (Å²) in [4.78, 5) is 12.8. The molecule has 0 unspecified atom stereocenters. The summed E-state index contributed by atoms with van der Waals surface area (Å²) in [6.07, 6.45) is 12.3. The minimum atomic E-state index is -0.148. The van der Waals surface area contributed by atoms with E-state index in [2.05, 4.69) is 19.9 Å². The van der Waals surface area contributed by atoms with Crippen LogP contribution in [0.25, 0.3) is 0 Å². The Morgan fingerprint density at radius 3 is 2.77 bits per heavy atom. The summed E-state index contributed by atoms with van der Waals surface area (Å²) in [5, 5.41) is 9.60. The molecule has 0 heterocycles. The smallest absolute Gasteiger partial charge is 0.144 e. The van der Waals surface area contributed by atoms with Crippen molar-refractivity contribution in [2.24, 2.45) is 34.5 Å². The van der Waals surface area contributed by atoms with Crippen molar-refractivity contribution >= 4 is 5.78 Å². The van der Waals surface area contributed by atoms with Gasteiger partial charge in [-0.05, 0) is 68.1 Å². The van der Waals surface area contributed by atoms with E-state index >= 15 is 0 Å². The number of allylic oxidation sites excluding steroid dienone is 2. The Morgan fingerprint density at radius 1 is 1.18 bits per heavy atom. The van der Waals surface area contributed by atoms with Crippen LogP contribution in [0.4, 0.5) is 0 Å². The highest BCUT2D eigenvalue weighted by molar-refractivity contribution is 5.89. The summed E-state index contributed by atoms with van der Waals surface area (Å²) in [7, 11) is 0. The molecule has 0 aromatic rings. The number of Topliss-reactive ketones (excluding diaryl/α,β-unsaturated/α-hetero) is 1. The predicted octanol–water partition coefficient (Wildman–Crippen LogP) is 4.13. The summed E-state index contributed by atoms with van der Waals surface area (Å²) < 4.78 is 0. The monoisotopic (exact) mass is 302 g/mol. The van der Waals surface area contributed by atoms with Crippen LogP contribution in [0, 0.1) is 34.5 Å². The Balaban J connectivity index is 1.69. The first kappa shape index (κ1) is 14.9. The number of ketones is 1. The first-order chi connectivity index (χ1) is 10.5. The fraction of sp³-hybridized carbons (Fsp3) is 0.850. The molecule has 2 heteroatoms. The normalized spacial score (nSPS) is 50.9. The molecule has 0 saturated heterocycles. The van der Waals surface area contributed by atoms with E-state index in [1.807, 2.05) is 0 Å². The van der Waals surface area contributed by atoms with Gasteiger partial charge in [0, 0.05) is 11.3 Å². The Kier molecular flexibility index (Phi) is 3.35. The molecule has 0 spiro atoms. The number of fused-ring (bicyclic) bond motifs is 5. The first-order valence-corrected chi connectivity index (χ1v) is 9.35. The lowest BCUT2D eigenvalue weighted by Crippen LogP contribution is -2.49. The molecule has 122 valence electrons. The maximum absolute atomic E-state index is 12.8. The third-order valence-electron chi connectivity index (χ3n) is 8.10. The summed E-state index contributed by atoms with van der Waals surface area (Å²) in [6.45, 7) is 4.77. The molecule has 1 N–H and O–H groups in total. The van der Waals surface area contributed by atoms with Gasteiger partial charge in [-0.15, -0.1) is 0 Å². The van der Waals surface area contributed by atoms with E-state index in [-0.39, 0.29) is 17.9 Å². The van der Waals surface area contributed by atoms with Gasteiger partial charge in [-0.3, -0.25) is 4.79 Å². The second-order valence-corrected chi connectivity index (χ2v) is 8.90. The molecule has 4 aliphatic rings. The van der Waals surface area contributed by atoms with Crippen LogP contribution in [-0.4, -0.2) is 17.5 Å². The quantitative estimate of drug-likeness (QED) is 0.740. The highest BCUT2D eigenvalue weighted by atomic mass is 16.3. The van der Waals surface area contributed by atoms with Gasteiger partial charge in [0.25, 0.3) is 0 Å². The number of aliphatic hydroxyl groups excluding tert-OH is 1. The van der Waals surface area contributed by atoms with Crippen molar-refractivity contribution in [3.05, 3.63) is 11.6 Å². The number of rotatable bonds is 1. The standard InChI is InChI=1S/C20H30O2/c1-19-9-4-3-5-14(19)6-7-15-16(19)8-10-20(2)17(15)11-13(12-21)18(20)22/h6,13,15-17,21H,3-5,7-12H2,1-2H3/t13-,15+,16-,17-,19-,20-/m0/s1. The molecule has 0 amide bonds. The van der Waals surface area contributed by atoms with E-state index in [1.54, 1.807) is 5.57 Å². The maximum atomic E-state index is 12.8. The fourth-order valence-corrected chi connectivity index (χ4v) is 6.80. The fourth-order valence-electron chi connectivity index (χ4n) is 6.80. The zero-order valence-electron chi connectivity index (χ0n) is 14.1. The van der Waals surface area contributed by atoms with Crippen molar-refractivity contribution in [3.63, 3.8) is 0 Å². The molecule has 6 atom stereocenters. The third-order valence-corrected chi connectivity index (χ3v) is 8.10. The molecule has 0 aliphatic heterocycles. The lowest BCUT2D eigenvalue weighted by Gasteiger charge is -2.56. The van der Waals surface area contributed by atoms with Crippen LogP contribution >= 0.6 is 0 Å². The van der Waals surface area contributed by atoms with Crippen LogP contribution in [0.1, 0.15) is 65.2 Å². The van der Waals surface area contributed by atoms with Crippen molar-refractivity contribution in [2.75, 3.05) is 6.61 Å². The Labute approximate surface area is 134 Å². The summed E-state index contributed by atoms with van der Waals surface area (Å²) in [6, 6.07) is 0. The molecule has 4 rings (SSSR count). The largest absolute Gasteiger partial charge is 0.396 e. The molecule has 22 heavy (non-hydrogen) atoms. The van der Waals surface area contributed by atoms with Crippen molar-refractivity contribution < 1.29 is 9.90 Å². The molecule has 2 nitrogen and oxygen atoms in total. The number of carbonyl (C=O) groups excluding carboxylic acids is 1. The van der Waals surface area contributed by atoms with Gasteiger partial charge in [0.05, 0.1) is 6.61 Å². The molecular weight excluding hydrogens is 272 g/mol. The Hall–Kier alpha value is -0.630. The highest BCUT2D eigenvalue weighted by Crippen LogP contribution is 2.64. The van der Waals surface area contributed by atoms with E-state index in [0.29, 0.717) is 23.0 Å². The molecule has 0 aromatic carbocycles. The topological polar surface area (TPSA) is 37.3 Å². The van der Waals surface area contributed by atoms with Crippen molar-refractivity contribution in [3.8, 4) is 0 Å². The van der Waals surface area contributed by atoms with Crippen molar-refractivity contribution in [1.82, 2.24) is 0 Å². The van der Waals surface area contributed by atoms with Gasteiger partial charge in [-0.1, -0.05) is 31.9 Å². The molecule has 3 fully saturated rings. The predicted molar refractivity (Wildman–Crippen MR) is 87.3 cm³/mol. The number of aliphatic hydroxyl groups is 1. The molecule has 0 bridgehead atoms. The summed E-state index contributed by atoms with van der Waals surface area (Å²) in [5.41, 5.74) is 1.99. The SMILES string of the molecule is C[C@]12CCCCC1=CC[C@@H]1[C@@H]2CC[C@]2(C)C(=O)[C@H](CO)C[C@@H]12. The van der Waals surface area contributed by atoms with Crippen molar-refractivity contribution in [2.45, 2.75) is 65.2 Å². The molecule has 0 radical (unpaired) electrons. The van der Waals surface area contributed by atoms with Gasteiger partial charge >= 0.3 is 0 Å². The Morgan fingerprint density at radius 2 is 2.00 bits per heavy atom. The van der Waals surface area contributed by atoms with Gasteiger partial charge in [0.1, 0.15) is 5.78 Å². The van der Waals surface area contributed by atoms with Gasteiger partial charge in [-0.25, -0.2) is 0 Å². The second kappa shape index (κ2) is 4.93. The van der Waals surface area contributed by atoms with E-state index in [9.17, 15) is 9.90 Å². The minimum absolute atomic E-state index is 0.0562. The second-order valence-electron chi connectivity index (χ2n) is 8.90. The lowest BCUT2D eigenvalue weighted by molar-refractivity contribution is -0.134. The van der Waals surface area contributed by atoms with Crippen LogP contribution in [0.5, 0.6) is 0 Å². The van der Waals surface area contributed by atoms with Crippen LogP contribution in [0.15, 0.2) is 11.6 Å². The van der Waals surface area contributed by atoms with Gasteiger partial charge in [-0.2, -0.15) is 0 Å². The zero-order valence-corrected chi connectivity index (χ0v) is 14.1. The van der Waals surface area contributed by atoms with Gasteiger partial charge in [0.2, 0.25) is 0 Å². The average molecular weight is 302 g/mol. The number of hydrogen-bond donors (Lipinski definition) is 1. The van der Waals surface area contributed by atoms with E-state index in [0.717, 1.165) is 18.8 Å². The van der Waals surface area contributed by atoms with E-state index in [1.165, 1.54) is 38.5 Å². The third kappa shape index (κ3) is 1.79. The van der Waals surface area contributed by atoms with Crippen LogP contribution < -0.4 is 0 Å². The zero-order chi connectivity index (χ0) is 15.5. The maximum Gasteiger partial charge on any atom is 0.144 e. The van der Waals surface area contributed by atoms with E-state index < -0.39 is 0 Å². The molecule has 4 aliphatic carbocycles. The van der Waals surface area contributed by atoms with Gasteiger partial charge < -0.3 is 5.11 Å². The van der Waals surface area contributed by atoms with E-state index in [4.69, 9.17) is 0 Å². The number of hydrogen-bond acceptors (Lipinski definition) is 2. The average Bonchev–Trinajstić information content (AvgIpc) is 2.78. The highest BCUT2D eigenvalue weighted by Gasteiger charge is 2.60. The lowest BCUT2D eigenvalue weighted by atomic mass is 9.48. The molecule has 3 saturated carbocycles. The van der Waals surface area contributed by atoms with Crippen LogP contribution in [-0.2, 0) is 4.79 Å². The summed E-state index contributed by atoms with van der Waals surface area (Å²) in [5.74, 6) is 2.23.